The Labute approximate surface area is 70.9 Å². The van der Waals surface area contributed by atoms with Gasteiger partial charge >= 0.3 is 0 Å². The zero-order valence-electron chi connectivity index (χ0n) is 7.59. The molecule has 1 aromatic rings. The molecule has 0 unspecified atom stereocenters. The van der Waals surface area contributed by atoms with Gasteiger partial charge in [-0.2, -0.15) is 0 Å². The summed E-state index contributed by atoms with van der Waals surface area (Å²) in [5, 5.41) is 3.08. The third-order valence-electron chi connectivity index (χ3n) is 1.22. The molecule has 1 N–H and O–H groups in total. The van der Waals surface area contributed by atoms with Gasteiger partial charge in [0, 0.05) is 7.97 Å². The van der Waals surface area contributed by atoms with Gasteiger partial charge in [0.05, 0.1) is 0 Å². The summed E-state index contributed by atoms with van der Waals surface area (Å²) in [4.78, 5) is 0. The standard InChI is InChI=1S/C8H11N.C2H6.H2/c1-9-7-8-5-3-2-4-6-8;1-2;/h2-6,9H,7H2,1H3;1-2H3;1H. The monoisotopic (exact) mass is 153 g/mol. The molecular weight excluding hydrogens is 134 g/mol. The molecule has 0 saturated carbocycles. The molecule has 0 amide bonds. The Bertz CT molecular complexity index is 163. The van der Waals surface area contributed by atoms with E-state index < -0.39 is 0 Å². The molecular formula is C10H19N. The van der Waals surface area contributed by atoms with Crippen LogP contribution in [0.4, 0.5) is 0 Å². The molecule has 0 radical (unpaired) electrons. The van der Waals surface area contributed by atoms with Crippen LogP contribution in [0, 0.1) is 0 Å². The maximum atomic E-state index is 3.08. The van der Waals surface area contributed by atoms with Gasteiger partial charge in [0.1, 0.15) is 0 Å². The van der Waals surface area contributed by atoms with E-state index in [4.69, 9.17) is 0 Å². The highest BCUT2D eigenvalue weighted by atomic mass is 14.8. The van der Waals surface area contributed by atoms with Crippen molar-refractivity contribution in [3.63, 3.8) is 0 Å². The van der Waals surface area contributed by atoms with E-state index in [1.807, 2.05) is 39.1 Å². The Morgan fingerprint density at radius 3 is 2.18 bits per heavy atom. The van der Waals surface area contributed by atoms with Gasteiger partial charge < -0.3 is 5.32 Å². The minimum absolute atomic E-state index is 0. The van der Waals surface area contributed by atoms with Crippen LogP contribution in [0.2, 0.25) is 0 Å². The number of hydrogen-bond acceptors (Lipinski definition) is 1. The maximum Gasteiger partial charge on any atom is 0.0202 e. The summed E-state index contributed by atoms with van der Waals surface area (Å²) < 4.78 is 0. The zero-order chi connectivity index (χ0) is 8.53. The lowest BCUT2D eigenvalue weighted by atomic mass is 10.2. The topological polar surface area (TPSA) is 12.0 Å². The molecule has 0 fully saturated rings. The number of hydrogen-bond donors (Lipinski definition) is 1. The van der Waals surface area contributed by atoms with Gasteiger partial charge in [0.2, 0.25) is 0 Å². The van der Waals surface area contributed by atoms with Gasteiger partial charge in [-0.25, -0.2) is 0 Å². The van der Waals surface area contributed by atoms with Gasteiger partial charge in [-0.1, -0.05) is 44.2 Å². The van der Waals surface area contributed by atoms with Crippen LogP contribution in [0.15, 0.2) is 30.3 Å². The van der Waals surface area contributed by atoms with Gasteiger partial charge in [-0.3, -0.25) is 0 Å². The maximum absolute atomic E-state index is 3.08. The highest BCUT2D eigenvalue weighted by Gasteiger charge is 1.83. The quantitative estimate of drug-likeness (QED) is 0.688. The summed E-state index contributed by atoms with van der Waals surface area (Å²) in [5.74, 6) is 0. The fraction of sp³-hybridized carbons (Fsp3) is 0.400. The van der Waals surface area contributed by atoms with Crippen molar-refractivity contribution in [2.45, 2.75) is 20.4 Å². The fourth-order valence-corrected chi connectivity index (χ4v) is 0.800. The van der Waals surface area contributed by atoms with Gasteiger partial charge in [0.25, 0.3) is 0 Å². The van der Waals surface area contributed by atoms with Crippen molar-refractivity contribution in [3.05, 3.63) is 35.9 Å². The van der Waals surface area contributed by atoms with E-state index in [1.165, 1.54) is 5.56 Å². The predicted octanol–water partition coefficient (Wildman–Crippen LogP) is 2.68. The Balaban J connectivity index is 0. The van der Waals surface area contributed by atoms with Crippen LogP contribution in [-0.4, -0.2) is 7.05 Å². The average molecular weight is 153 g/mol. The molecule has 0 aliphatic carbocycles. The first kappa shape index (κ1) is 10.2. The van der Waals surface area contributed by atoms with Crippen molar-refractivity contribution in [2.24, 2.45) is 0 Å². The first-order valence-corrected chi connectivity index (χ1v) is 4.12. The number of nitrogens with one attached hydrogen (secondary N) is 1. The zero-order valence-corrected chi connectivity index (χ0v) is 7.59. The van der Waals surface area contributed by atoms with Crippen molar-refractivity contribution in [1.82, 2.24) is 5.32 Å². The van der Waals surface area contributed by atoms with Crippen molar-refractivity contribution in [3.8, 4) is 0 Å². The van der Waals surface area contributed by atoms with E-state index in [-0.39, 0.29) is 1.43 Å². The average Bonchev–Trinajstić information content (AvgIpc) is 2.11. The highest BCUT2D eigenvalue weighted by molar-refractivity contribution is 5.13. The Kier molecular flexibility index (Phi) is 6.75. The molecule has 11 heavy (non-hydrogen) atoms. The minimum Gasteiger partial charge on any atom is -0.316 e. The van der Waals surface area contributed by atoms with Gasteiger partial charge in [-0.15, -0.1) is 0 Å². The lowest BCUT2D eigenvalue weighted by Gasteiger charge is -1.95. The Morgan fingerprint density at radius 1 is 1.18 bits per heavy atom. The lowest BCUT2D eigenvalue weighted by Crippen LogP contribution is -2.04. The molecule has 0 aliphatic heterocycles. The van der Waals surface area contributed by atoms with E-state index in [0.717, 1.165) is 6.54 Å². The summed E-state index contributed by atoms with van der Waals surface area (Å²) >= 11 is 0. The van der Waals surface area contributed by atoms with Crippen LogP contribution in [-0.2, 0) is 6.54 Å². The Morgan fingerprint density at radius 2 is 1.73 bits per heavy atom. The first-order chi connectivity index (χ1) is 5.43. The SMILES string of the molecule is CC.CNCc1ccccc1.[HH]. The molecule has 64 valence electrons. The molecule has 0 atom stereocenters. The minimum atomic E-state index is 0. The molecule has 1 heteroatoms. The molecule has 1 rings (SSSR count). The predicted molar refractivity (Wildman–Crippen MR) is 52.7 cm³/mol. The van der Waals surface area contributed by atoms with Crippen molar-refractivity contribution < 1.29 is 1.43 Å². The molecule has 0 spiro atoms. The summed E-state index contributed by atoms with van der Waals surface area (Å²) in [7, 11) is 1.95. The largest absolute Gasteiger partial charge is 0.316 e. The molecule has 0 aliphatic rings. The van der Waals surface area contributed by atoms with E-state index in [2.05, 4.69) is 17.4 Å². The molecule has 0 heterocycles. The lowest BCUT2D eigenvalue weighted by molar-refractivity contribution is 0.818. The van der Waals surface area contributed by atoms with Crippen LogP contribution >= 0.6 is 0 Å². The molecule has 1 aromatic carbocycles. The fourth-order valence-electron chi connectivity index (χ4n) is 0.800. The normalized spacial score (nSPS) is 8.27. The second-order valence-electron chi connectivity index (χ2n) is 2.02. The van der Waals surface area contributed by atoms with Crippen molar-refractivity contribution in [2.75, 3.05) is 7.05 Å². The van der Waals surface area contributed by atoms with E-state index in [0.29, 0.717) is 0 Å². The summed E-state index contributed by atoms with van der Waals surface area (Å²) in [6.07, 6.45) is 0. The van der Waals surface area contributed by atoms with Crippen LogP contribution in [0.5, 0.6) is 0 Å². The number of benzene rings is 1. The smallest absolute Gasteiger partial charge is 0.0202 e. The number of rotatable bonds is 2. The first-order valence-electron chi connectivity index (χ1n) is 4.12. The highest BCUT2D eigenvalue weighted by Crippen LogP contribution is 1.95. The van der Waals surface area contributed by atoms with Crippen LogP contribution in [0.25, 0.3) is 0 Å². The summed E-state index contributed by atoms with van der Waals surface area (Å²) in [5.41, 5.74) is 1.33. The summed E-state index contributed by atoms with van der Waals surface area (Å²) in [6, 6.07) is 10.3. The third-order valence-corrected chi connectivity index (χ3v) is 1.22. The molecule has 0 bridgehead atoms. The van der Waals surface area contributed by atoms with Crippen molar-refractivity contribution in [1.29, 1.82) is 0 Å². The Hall–Kier alpha value is -0.820. The summed E-state index contributed by atoms with van der Waals surface area (Å²) in [6.45, 7) is 4.96. The van der Waals surface area contributed by atoms with Crippen LogP contribution < -0.4 is 5.32 Å². The van der Waals surface area contributed by atoms with Gasteiger partial charge in [0.15, 0.2) is 0 Å². The second kappa shape index (κ2) is 7.29. The molecule has 0 saturated heterocycles. The van der Waals surface area contributed by atoms with Crippen molar-refractivity contribution >= 4 is 0 Å². The molecule has 1 nitrogen and oxygen atoms in total. The van der Waals surface area contributed by atoms with E-state index in [1.54, 1.807) is 0 Å². The van der Waals surface area contributed by atoms with Gasteiger partial charge in [-0.05, 0) is 12.6 Å². The second-order valence-corrected chi connectivity index (χ2v) is 2.02. The van der Waals surface area contributed by atoms with E-state index >= 15 is 0 Å². The van der Waals surface area contributed by atoms with Crippen LogP contribution in [0.3, 0.4) is 0 Å². The van der Waals surface area contributed by atoms with Crippen LogP contribution in [0.1, 0.15) is 20.8 Å². The molecule has 0 aromatic heterocycles. The van der Waals surface area contributed by atoms with E-state index in [9.17, 15) is 0 Å². The third kappa shape index (κ3) is 4.57.